The lowest BCUT2D eigenvalue weighted by molar-refractivity contribution is -0.114. The van der Waals surface area contributed by atoms with Crippen LogP contribution in [0.15, 0.2) is 29.1 Å². The maximum Gasteiger partial charge on any atom is 0.271 e. The molecule has 0 aromatic heterocycles. The van der Waals surface area contributed by atoms with Crippen LogP contribution in [0.3, 0.4) is 0 Å². The van der Waals surface area contributed by atoms with Gasteiger partial charge in [0.2, 0.25) is 0 Å². The van der Waals surface area contributed by atoms with Crippen LogP contribution >= 0.6 is 0 Å². The number of hydrogen-bond acceptors (Lipinski definition) is 3. The van der Waals surface area contributed by atoms with Crippen LogP contribution in [-0.2, 0) is 9.53 Å². The summed E-state index contributed by atoms with van der Waals surface area (Å²) in [5, 5.41) is 0. The highest BCUT2D eigenvalue weighted by atomic mass is 16.5. The van der Waals surface area contributed by atoms with Gasteiger partial charge in [0.05, 0.1) is 6.61 Å². The molecule has 0 unspecified atom stereocenters. The van der Waals surface area contributed by atoms with E-state index in [1.54, 1.807) is 13.8 Å². The minimum atomic E-state index is -0.624. The Balaban J connectivity index is -0.000000439. The highest BCUT2D eigenvalue weighted by molar-refractivity contribution is 5.93. The molecule has 0 aromatic rings. The minimum absolute atomic E-state index is 0.0966. The van der Waals surface area contributed by atoms with Crippen molar-refractivity contribution >= 4 is 12.1 Å². The quantitative estimate of drug-likeness (QED) is 0.348. The molecule has 17 heavy (non-hydrogen) atoms. The Hall–Kier alpha value is -1.58. The number of nitrogens with zero attached hydrogens (tertiary/aromatic N) is 1. The Morgan fingerprint density at radius 1 is 1.35 bits per heavy atom. The molecule has 0 rings (SSSR count). The second-order valence-electron chi connectivity index (χ2n) is 2.10. The van der Waals surface area contributed by atoms with E-state index in [0.717, 1.165) is 0 Å². The van der Waals surface area contributed by atoms with Crippen molar-refractivity contribution in [3.63, 3.8) is 0 Å². The Bertz CT molecular complexity index is 256. The third-order valence-electron chi connectivity index (χ3n) is 1.21. The van der Waals surface area contributed by atoms with Gasteiger partial charge in [-0.15, -0.1) is 0 Å². The Labute approximate surface area is 105 Å². The summed E-state index contributed by atoms with van der Waals surface area (Å²) in [4.78, 5) is 14.7. The van der Waals surface area contributed by atoms with Crippen LogP contribution in [0.4, 0.5) is 0 Å². The lowest BCUT2D eigenvalue weighted by atomic mass is 10.3. The van der Waals surface area contributed by atoms with Crippen LogP contribution in [-0.4, -0.2) is 18.7 Å². The predicted octanol–water partition coefficient (Wildman–Crippen LogP) is 3.05. The van der Waals surface area contributed by atoms with Crippen LogP contribution in [0, 0.1) is 0 Å². The van der Waals surface area contributed by atoms with Crippen molar-refractivity contribution < 1.29 is 9.53 Å². The average molecular weight is 242 g/mol. The maximum absolute atomic E-state index is 10.9. The van der Waals surface area contributed by atoms with Gasteiger partial charge in [-0.05, 0) is 19.9 Å². The van der Waals surface area contributed by atoms with Gasteiger partial charge in [0.25, 0.3) is 5.91 Å². The van der Waals surface area contributed by atoms with Gasteiger partial charge in [-0.1, -0.05) is 34.3 Å². The van der Waals surface area contributed by atoms with Crippen molar-refractivity contribution in [2.24, 2.45) is 10.7 Å². The van der Waals surface area contributed by atoms with Gasteiger partial charge in [0, 0.05) is 6.21 Å². The maximum atomic E-state index is 10.9. The number of allylic oxidation sites excluding steroid dienone is 1. The molecular weight excluding hydrogens is 216 g/mol. The number of aliphatic imine (C=N–C) groups is 1. The standard InChI is InChI=1S/C9H14N2O2.2C2H6/c1-4-7(13-6-3)8(9(10)12)11-5-2;2*1-2/h4-5H,1,6H2,2-3H3,(H2,10,12);2*1-2H3/b8-7+,11-5?;;. The summed E-state index contributed by atoms with van der Waals surface area (Å²) in [6.07, 6.45) is 2.89. The van der Waals surface area contributed by atoms with Gasteiger partial charge in [-0.2, -0.15) is 0 Å². The van der Waals surface area contributed by atoms with Crippen LogP contribution < -0.4 is 5.73 Å². The summed E-state index contributed by atoms with van der Waals surface area (Å²) in [6.45, 7) is 15.4. The number of carbonyl (C=O) groups excluding carboxylic acids is 1. The van der Waals surface area contributed by atoms with E-state index in [0.29, 0.717) is 12.4 Å². The molecule has 0 aliphatic heterocycles. The Morgan fingerprint density at radius 3 is 2.06 bits per heavy atom. The van der Waals surface area contributed by atoms with Crippen LogP contribution in [0.1, 0.15) is 41.5 Å². The van der Waals surface area contributed by atoms with Crippen molar-refractivity contribution in [3.8, 4) is 0 Å². The lowest BCUT2D eigenvalue weighted by Gasteiger charge is -2.05. The smallest absolute Gasteiger partial charge is 0.271 e. The number of hydrogen-bond donors (Lipinski definition) is 1. The van der Waals surface area contributed by atoms with Gasteiger partial charge in [-0.3, -0.25) is 9.79 Å². The zero-order valence-electron chi connectivity index (χ0n) is 11.9. The fraction of sp³-hybridized carbons (Fsp3) is 0.538. The number of primary amides is 1. The summed E-state index contributed by atoms with van der Waals surface area (Å²) in [6, 6.07) is 0. The van der Waals surface area contributed by atoms with Crippen LogP contribution in [0.2, 0.25) is 0 Å². The monoisotopic (exact) mass is 242 g/mol. The molecule has 0 aromatic carbocycles. The van der Waals surface area contributed by atoms with E-state index in [1.165, 1.54) is 12.3 Å². The molecule has 0 atom stereocenters. The number of carbonyl (C=O) groups is 1. The molecule has 1 amide bonds. The predicted molar refractivity (Wildman–Crippen MR) is 74.9 cm³/mol. The number of rotatable bonds is 5. The third-order valence-corrected chi connectivity index (χ3v) is 1.21. The van der Waals surface area contributed by atoms with E-state index in [9.17, 15) is 4.79 Å². The average Bonchev–Trinajstić information content (AvgIpc) is 2.38. The molecule has 0 radical (unpaired) electrons. The van der Waals surface area contributed by atoms with Crippen LogP contribution in [0.25, 0.3) is 0 Å². The van der Waals surface area contributed by atoms with E-state index < -0.39 is 5.91 Å². The molecule has 0 heterocycles. The zero-order chi connectivity index (χ0) is 14.3. The molecule has 0 saturated heterocycles. The van der Waals surface area contributed by atoms with Crippen LogP contribution in [0.5, 0.6) is 0 Å². The second-order valence-corrected chi connectivity index (χ2v) is 2.10. The highest BCUT2D eigenvalue weighted by Gasteiger charge is 2.09. The van der Waals surface area contributed by atoms with Crippen molar-refractivity contribution in [1.82, 2.24) is 0 Å². The normalized spacial score (nSPS) is 10.2. The molecule has 4 heteroatoms. The van der Waals surface area contributed by atoms with Crippen molar-refractivity contribution in [1.29, 1.82) is 0 Å². The Morgan fingerprint density at radius 2 is 1.82 bits per heavy atom. The molecule has 2 N–H and O–H groups in total. The first-order chi connectivity index (χ1) is 8.17. The highest BCUT2D eigenvalue weighted by Crippen LogP contribution is 2.08. The van der Waals surface area contributed by atoms with E-state index >= 15 is 0 Å². The summed E-state index contributed by atoms with van der Waals surface area (Å²) >= 11 is 0. The first-order valence-electron chi connectivity index (χ1n) is 5.95. The van der Waals surface area contributed by atoms with Gasteiger partial charge in [-0.25, -0.2) is 0 Å². The SMILES string of the molecule is C=C/C(OCC)=C(\N=CC)C(N)=O.CC.CC. The van der Waals surface area contributed by atoms with E-state index in [1.807, 2.05) is 27.7 Å². The summed E-state index contributed by atoms with van der Waals surface area (Å²) < 4.78 is 5.11. The molecule has 0 spiro atoms. The zero-order valence-corrected chi connectivity index (χ0v) is 11.9. The van der Waals surface area contributed by atoms with Gasteiger partial charge in [0.1, 0.15) is 5.76 Å². The Kier molecular flexibility index (Phi) is 20.6. The molecule has 4 nitrogen and oxygen atoms in total. The van der Waals surface area contributed by atoms with Gasteiger partial charge in [0.15, 0.2) is 5.70 Å². The largest absolute Gasteiger partial charge is 0.491 e. The fourth-order valence-electron chi connectivity index (χ4n) is 0.757. The molecule has 0 saturated carbocycles. The molecule has 0 aliphatic carbocycles. The molecule has 0 fully saturated rings. The van der Waals surface area contributed by atoms with E-state index in [-0.39, 0.29) is 5.70 Å². The lowest BCUT2D eigenvalue weighted by Crippen LogP contribution is -2.15. The summed E-state index contributed by atoms with van der Waals surface area (Å²) in [5.74, 6) is -0.311. The van der Waals surface area contributed by atoms with Gasteiger partial charge < -0.3 is 10.5 Å². The third kappa shape index (κ3) is 10.7. The second kappa shape index (κ2) is 16.8. The number of nitrogens with two attached hydrogens (primary N) is 1. The number of amides is 1. The molecule has 0 aliphatic rings. The first-order valence-corrected chi connectivity index (χ1v) is 5.95. The summed E-state index contributed by atoms with van der Waals surface area (Å²) in [5.41, 5.74) is 5.19. The summed E-state index contributed by atoms with van der Waals surface area (Å²) in [7, 11) is 0. The van der Waals surface area contributed by atoms with E-state index in [2.05, 4.69) is 11.6 Å². The first kappa shape index (κ1) is 20.8. The van der Waals surface area contributed by atoms with E-state index in [4.69, 9.17) is 10.5 Å². The topological polar surface area (TPSA) is 64.7 Å². The molecular formula is C13H26N2O2. The minimum Gasteiger partial charge on any atom is -0.491 e. The number of ether oxygens (including phenoxy) is 1. The van der Waals surface area contributed by atoms with Crippen molar-refractivity contribution in [3.05, 3.63) is 24.1 Å². The molecule has 100 valence electrons. The van der Waals surface area contributed by atoms with Gasteiger partial charge >= 0.3 is 0 Å². The molecule has 0 bridgehead atoms. The van der Waals surface area contributed by atoms with Crippen molar-refractivity contribution in [2.45, 2.75) is 41.5 Å². The fourth-order valence-corrected chi connectivity index (χ4v) is 0.757. The van der Waals surface area contributed by atoms with Crippen molar-refractivity contribution in [2.75, 3.05) is 6.61 Å².